The maximum absolute atomic E-state index is 12.3. The predicted molar refractivity (Wildman–Crippen MR) is 33.2 cm³/mol. The van der Waals surface area contributed by atoms with Crippen molar-refractivity contribution in [2.75, 3.05) is 7.05 Å². The number of halogens is 2. The van der Waals surface area contributed by atoms with Gasteiger partial charge in [0.25, 0.3) is 5.91 Å². The molecule has 0 radical (unpaired) electrons. The Bertz CT molecular complexity index is 176. The summed E-state index contributed by atoms with van der Waals surface area (Å²) in [6.45, 7) is 1.05. The van der Waals surface area contributed by atoms with E-state index in [9.17, 15) is 13.6 Å². The Morgan fingerprint density at radius 2 is 2.00 bits per heavy atom. The Morgan fingerprint density at radius 1 is 1.60 bits per heavy atom. The molecule has 0 aliphatic heterocycles. The molecule has 58 valence electrons. The van der Waals surface area contributed by atoms with E-state index < -0.39 is 17.5 Å². The lowest BCUT2D eigenvalue weighted by Gasteiger charge is -2.09. The van der Waals surface area contributed by atoms with E-state index in [2.05, 4.69) is 10.7 Å². The second kappa shape index (κ2) is 2.72. The van der Waals surface area contributed by atoms with Crippen LogP contribution in [0.1, 0.15) is 6.92 Å². The van der Waals surface area contributed by atoms with E-state index in [1.54, 1.807) is 0 Å². The highest BCUT2D eigenvalue weighted by molar-refractivity contribution is 6.08. The Morgan fingerprint density at radius 3 is 2.10 bits per heavy atom. The monoisotopic (exact) mass is 150 g/mol. The quantitative estimate of drug-likeness (QED) is 0.561. The smallest absolute Gasteiger partial charge is 0.361 e. The van der Waals surface area contributed by atoms with E-state index in [0.29, 0.717) is 0 Å². The van der Waals surface area contributed by atoms with Crippen LogP contribution < -0.4 is 5.73 Å². The third kappa shape index (κ3) is 1.49. The number of alkyl halides is 2. The minimum absolute atomic E-state index is 0.569. The summed E-state index contributed by atoms with van der Waals surface area (Å²) in [5, 5.41) is 0. The zero-order valence-electron chi connectivity index (χ0n) is 5.69. The molecule has 2 N–H and O–H groups in total. The van der Waals surface area contributed by atoms with Gasteiger partial charge in [-0.3, -0.25) is 9.79 Å². The Hall–Kier alpha value is -1.00. The van der Waals surface area contributed by atoms with Crippen molar-refractivity contribution in [1.29, 1.82) is 0 Å². The number of hydrogen-bond donors (Lipinski definition) is 1. The fourth-order valence-corrected chi connectivity index (χ4v) is 0.319. The first-order chi connectivity index (χ1) is 4.42. The first-order valence-corrected chi connectivity index (χ1v) is 2.54. The second-order valence-corrected chi connectivity index (χ2v) is 1.75. The Balaban J connectivity index is 4.56. The standard InChI is InChI=1S/C5H8F2N2O/c1-3(9-2)5(6,7)4(8)10/h1-2H3,(H2,8,10). The lowest BCUT2D eigenvalue weighted by atomic mass is 10.2. The number of hydrogen-bond acceptors (Lipinski definition) is 2. The third-order valence-corrected chi connectivity index (χ3v) is 1.10. The van der Waals surface area contributed by atoms with Crippen molar-refractivity contribution < 1.29 is 13.6 Å². The molecule has 5 heteroatoms. The maximum atomic E-state index is 12.3. The van der Waals surface area contributed by atoms with Crippen LogP contribution in [0.4, 0.5) is 8.78 Å². The summed E-state index contributed by atoms with van der Waals surface area (Å²) in [6, 6.07) is 0. The molecular weight excluding hydrogens is 142 g/mol. The predicted octanol–water partition coefficient (Wildman–Crippen LogP) is 0.198. The number of nitrogens with two attached hydrogens (primary N) is 1. The molecule has 0 saturated heterocycles. The molecule has 0 heterocycles. The molecule has 3 nitrogen and oxygen atoms in total. The lowest BCUT2D eigenvalue weighted by molar-refractivity contribution is -0.133. The number of primary amides is 1. The van der Waals surface area contributed by atoms with Gasteiger partial charge in [0.15, 0.2) is 0 Å². The first kappa shape index (κ1) is 9.00. The van der Waals surface area contributed by atoms with Gasteiger partial charge in [-0.15, -0.1) is 0 Å². The first-order valence-electron chi connectivity index (χ1n) is 2.54. The van der Waals surface area contributed by atoms with Crippen molar-refractivity contribution in [2.24, 2.45) is 10.7 Å². The molecule has 0 aromatic rings. The highest BCUT2D eigenvalue weighted by Crippen LogP contribution is 2.14. The van der Waals surface area contributed by atoms with Gasteiger partial charge in [0, 0.05) is 7.05 Å². The molecule has 0 aliphatic carbocycles. The highest BCUT2D eigenvalue weighted by Gasteiger charge is 2.39. The van der Waals surface area contributed by atoms with Crippen LogP contribution in [0.5, 0.6) is 0 Å². The van der Waals surface area contributed by atoms with Crippen LogP contribution >= 0.6 is 0 Å². The molecule has 10 heavy (non-hydrogen) atoms. The van der Waals surface area contributed by atoms with Gasteiger partial charge in [-0.1, -0.05) is 0 Å². The largest absolute Gasteiger partial charge is 0.364 e. The molecule has 0 aromatic carbocycles. The number of nitrogens with zero attached hydrogens (tertiary/aromatic N) is 1. The summed E-state index contributed by atoms with van der Waals surface area (Å²) in [5.74, 6) is -5.27. The van der Waals surface area contributed by atoms with Crippen molar-refractivity contribution in [3.63, 3.8) is 0 Å². The average Bonchev–Trinajstić information content (AvgIpc) is 1.86. The van der Waals surface area contributed by atoms with Crippen molar-refractivity contribution in [3.8, 4) is 0 Å². The summed E-state index contributed by atoms with van der Waals surface area (Å²) in [7, 11) is 1.17. The van der Waals surface area contributed by atoms with Gasteiger partial charge < -0.3 is 5.73 Å². The molecule has 0 atom stereocenters. The van der Waals surface area contributed by atoms with Crippen LogP contribution in [0.3, 0.4) is 0 Å². The van der Waals surface area contributed by atoms with E-state index in [0.717, 1.165) is 6.92 Å². The van der Waals surface area contributed by atoms with Crippen LogP contribution in [-0.2, 0) is 4.79 Å². The van der Waals surface area contributed by atoms with Crippen LogP contribution in [0, 0.1) is 0 Å². The van der Waals surface area contributed by atoms with E-state index in [1.807, 2.05) is 0 Å². The summed E-state index contributed by atoms with van der Waals surface area (Å²) in [5.41, 5.74) is 3.81. The molecule has 0 fully saturated rings. The molecule has 0 rings (SSSR count). The molecule has 0 aromatic heterocycles. The van der Waals surface area contributed by atoms with E-state index in [1.165, 1.54) is 7.05 Å². The van der Waals surface area contributed by atoms with Crippen LogP contribution in [0.15, 0.2) is 4.99 Å². The molecule has 0 bridgehead atoms. The maximum Gasteiger partial charge on any atom is 0.361 e. The average molecular weight is 150 g/mol. The molecular formula is C5H8F2N2O. The summed E-state index contributed by atoms with van der Waals surface area (Å²) in [4.78, 5) is 13.2. The van der Waals surface area contributed by atoms with Crippen molar-refractivity contribution >= 4 is 11.6 Å². The van der Waals surface area contributed by atoms with E-state index >= 15 is 0 Å². The van der Waals surface area contributed by atoms with Gasteiger partial charge in [0.1, 0.15) is 0 Å². The molecule has 0 aliphatic rings. The van der Waals surface area contributed by atoms with Crippen molar-refractivity contribution in [2.45, 2.75) is 12.8 Å². The van der Waals surface area contributed by atoms with Crippen LogP contribution in [0.25, 0.3) is 0 Å². The van der Waals surface area contributed by atoms with Crippen LogP contribution in [-0.4, -0.2) is 24.6 Å². The van der Waals surface area contributed by atoms with Gasteiger partial charge in [0.2, 0.25) is 0 Å². The molecule has 1 amide bonds. The molecule has 0 saturated carbocycles. The minimum atomic E-state index is -3.60. The number of amides is 1. The lowest BCUT2D eigenvalue weighted by Crippen LogP contribution is -2.41. The van der Waals surface area contributed by atoms with Gasteiger partial charge in [-0.25, -0.2) is 0 Å². The van der Waals surface area contributed by atoms with Gasteiger partial charge >= 0.3 is 5.92 Å². The number of carbonyl (C=O) groups excluding carboxylic acids is 1. The van der Waals surface area contributed by atoms with Gasteiger partial charge in [-0.05, 0) is 6.92 Å². The fourth-order valence-electron chi connectivity index (χ4n) is 0.319. The number of carbonyl (C=O) groups is 1. The van der Waals surface area contributed by atoms with E-state index in [4.69, 9.17) is 0 Å². The van der Waals surface area contributed by atoms with Crippen molar-refractivity contribution in [1.82, 2.24) is 0 Å². The summed E-state index contributed by atoms with van der Waals surface area (Å²) < 4.78 is 24.7. The topological polar surface area (TPSA) is 55.4 Å². The molecule has 0 unspecified atom stereocenters. The van der Waals surface area contributed by atoms with Crippen molar-refractivity contribution in [3.05, 3.63) is 0 Å². The Labute approximate surface area is 56.9 Å². The van der Waals surface area contributed by atoms with Gasteiger partial charge in [-0.2, -0.15) is 8.78 Å². The Kier molecular flexibility index (Phi) is 2.45. The number of aliphatic imine (C=N–C) groups is 1. The normalized spacial score (nSPS) is 13.4. The van der Waals surface area contributed by atoms with Gasteiger partial charge in [0.05, 0.1) is 5.71 Å². The minimum Gasteiger partial charge on any atom is -0.364 e. The zero-order chi connectivity index (χ0) is 8.36. The second-order valence-electron chi connectivity index (χ2n) is 1.75. The molecule has 0 spiro atoms. The summed E-state index contributed by atoms with van der Waals surface area (Å²) in [6.07, 6.45) is 0. The van der Waals surface area contributed by atoms with E-state index in [-0.39, 0.29) is 0 Å². The third-order valence-electron chi connectivity index (χ3n) is 1.10. The zero-order valence-corrected chi connectivity index (χ0v) is 5.69. The van der Waals surface area contributed by atoms with Crippen LogP contribution in [0.2, 0.25) is 0 Å². The highest BCUT2D eigenvalue weighted by atomic mass is 19.3. The number of rotatable bonds is 2. The fraction of sp³-hybridized carbons (Fsp3) is 0.600. The summed E-state index contributed by atoms with van der Waals surface area (Å²) >= 11 is 0. The SMILES string of the molecule is CN=C(C)C(F)(F)C(N)=O.